The molecule has 0 spiro atoms. The molecule has 4 aromatic rings. The van der Waals surface area contributed by atoms with Crippen molar-refractivity contribution in [3.05, 3.63) is 72.1 Å². The van der Waals surface area contributed by atoms with E-state index in [0.717, 1.165) is 16.7 Å². The Morgan fingerprint density at radius 2 is 1.86 bits per heavy atom. The molecule has 9 nitrogen and oxygen atoms in total. The lowest BCUT2D eigenvalue weighted by atomic mass is 10.1. The highest BCUT2D eigenvalue weighted by Gasteiger charge is 2.29. The second-order valence-electron chi connectivity index (χ2n) is 8.50. The van der Waals surface area contributed by atoms with Gasteiger partial charge in [-0.1, -0.05) is 0 Å². The maximum atomic E-state index is 13.4. The molecule has 1 unspecified atom stereocenters. The van der Waals surface area contributed by atoms with Crippen molar-refractivity contribution < 1.29 is 13.9 Å². The van der Waals surface area contributed by atoms with Gasteiger partial charge in [0.15, 0.2) is 6.10 Å². The summed E-state index contributed by atoms with van der Waals surface area (Å²) < 4.78 is 26.9. The van der Waals surface area contributed by atoms with Crippen LogP contribution in [0.5, 0.6) is 11.8 Å². The summed E-state index contributed by atoms with van der Waals surface area (Å²) in [7, 11) is 5.47. The summed E-state index contributed by atoms with van der Waals surface area (Å²) in [5.41, 5.74) is 3.37. The fourth-order valence-electron chi connectivity index (χ4n) is 4.07. The Labute approximate surface area is 202 Å². The lowest BCUT2D eigenvalue weighted by molar-refractivity contribution is 0.144. The van der Waals surface area contributed by atoms with Crippen LogP contribution in [0.25, 0.3) is 11.1 Å². The van der Waals surface area contributed by atoms with Crippen molar-refractivity contribution in [3.63, 3.8) is 0 Å². The molecule has 5 rings (SSSR count). The second-order valence-corrected chi connectivity index (χ2v) is 8.50. The smallest absolute Gasteiger partial charge is 0.223 e. The highest BCUT2D eigenvalue weighted by Crippen LogP contribution is 2.36. The van der Waals surface area contributed by atoms with Gasteiger partial charge in [-0.05, 0) is 50.4 Å². The van der Waals surface area contributed by atoms with Crippen molar-refractivity contribution in [2.24, 2.45) is 7.05 Å². The summed E-state index contributed by atoms with van der Waals surface area (Å²) in [6.07, 6.45) is 4.49. The van der Waals surface area contributed by atoms with Crippen molar-refractivity contribution in [2.75, 3.05) is 26.0 Å². The van der Waals surface area contributed by atoms with E-state index in [-0.39, 0.29) is 18.0 Å². The van der Waals surface area contributed by atoms with Gasteiger partial charge in [-0.2, -0.15) is 15.1 Å². The predicted octanol–water partition coefficient (Wildman–Crippen LogP) is 4.29. The number of halogens is 1. The van der Waals surface area contributed by atoms with E-state index in [1.807, 2.05) is 44.6 Å². The monoisotopic (exact) mass is 475 g/mol. The first kappa shape index (κ1) is 22.7. The number of hydrogen-bond acceptors (Lipinski definition) is 8. The molecular formula is C25H26FN7O2. The summed E-state index contributed by atoms with van der Waals surface area (Å²) in [6, 6.07) is 10.8. The Morgan fingerprint density at radius 3 is 2.57 bits per heavy atom. The molecule has 10 heteroatoms. The van der Waals surface area contributed by atoms with Crippen LogP contribution in [0.1, 0.15) is 30.3 Å². The minimum absolute atomic E-state index is 0.0778. The van der Waals surface area contributed by atoms with Crippen molar-refractivity contribution in [1.29, 1.82) is 0 Å². The van der Waals surface area contributed by atoms with Gasteiger partial charge in [0.2, 0.25) is 11.8 Å². The molecule has 4 aromatic heterocycles. The van der Waals surface area contributed by atoms with Crippen LogP contribution < -0.4 is 14.8 Å². The predicted molar refractivity (Wildman–Crippen MR) is 129 cm³/mol. The molecule has 0 aromatic carbocycles. The fourth-order valence-corrected chi connectivity index (χ4v) is 4.07. The van der Waals surface area contributed by atoms with Gasteiger partial charge in [-0.15, -0.1) is 0 Å². The number of nitrogens with one attached hydrogen (secondary N) is 1. The fraction of sp³-hybridized carbons (Fsp3) is 0.280. The third-order valence-electron chi connectivity index (χ3n) is 6.11. The highest BCUT2D eigenvalue weighted by atomic mass is 19.1. The number of hydrogen-bond donors (Lipinski definition) is 1. The number of methoxy groups -OCH3 is 1. The van der Waals surface area contributed by atoms with E-state index >= 15 is 0 Å². The van der Waals surface area contributed by atoms with E-state index in [2.05, 4.69) is 32.2 Å². The van der Waals surface area contributed by atoms with E-state index in [1.165, 1.54) is 12.3 Å². The first-order chi connectivity index (χ1) is 16.9. The van der Waals surface area contributed by atoms with Gasteiger partial charge < -0.3 is 14.8 Å². The molecule has 0 amide bonds. The second kappa shape index (κ2) is 9.30. The summed E-state index contributed by atoms with van der Waals surface area (Å²) in [5, 5.41) is 7.46. The molecule has 0 fully saturated rings. The van der Waals surface area contributed by atoms with Crippen molar-refractivity contribution >= 4 is 11.6 Å². The molecule has 0 aliphatic carbocycles. The average molecular weight is 476 g/mol. The van der Waals surface area contributed by atoms with Crippen LogP contribution in [0.3, 0.4) is 0 Å². The Bertz CT molecular complexity index is 1340. The number of anilines is 2. The number of fused-ring (bicyclic) bond motifs is 1. The number of likely N-dealkylation sites (N-methyl/N-ethyl adjacent to an activating group) is 1. The number of aryl methyl sites for hydroxylation is 1. The Morgan fingerprint density at radius 1 is 1.06 bits per heavy atom. The molecule has 1 aliphatic rings. The Kier molecular flexibility index (Phi) is 6.04. The van der Waals surface area contributed by atoms with Crippen LogP contribution in [0.15, 0.2) is 55.0 Å². The Hall–Kier alpha value is -4.05. The molecule has 0 bridgehead atoms. The quantitative estimate of drug-likeness (QED) is 0.457. The molecule has 35 heavy (non-hydrogen) atoms. The van der Waals surface area contributed by atoms with E-state index in [9.17, 15) is 4.39 Å². The molecule has 2 atom stereocenters. The van der Waals surface area contributed by atoms with Crippen LogP contribution in [0.4, 0.5) is 16.0 Å². The van der Waals surface area contributed by atoms with E-state index < -0.39 is 0 Å². The summed E-state index contributed by atoms with van der Waals surface area (Å²) in [5.74, 6) is 1.76. The van der Waals surface area contributed by atoms with Gasteiger partial charge in [0.25, 0.3) is 0 Å². The van der Waals surface area contributed by atoms with Crippen LogP contribution in [0, 0.1) is 5.82 Å². The number of ether oxygens (including phenoxy) is 2. The first-order valence-corrected chi connectivity index (χ1v) is 11.2. The average Bonchev–Trinajstić information content (AvgIpc) is 3.24. The van der Waals surface area contributed by atoms with Gasteiger partial charge in [0, 0.05) is 42.5 Å². The molecule has 180 valence electrons. The summed E-state index contributed by atoms with van der Waals surface area (Å²) in [6.45, 7) is 2.69. The molecule has 5 heterocycles. The number of pyridine rings is 3. The van der Waals surface area contributed by atoms with Crippen molar-refractivity contribution in [1.82, 2.24) is 29.6 Å². The maximum Gasteiger partial charge on any atom is 0.223 e. The summed E-state index contributed by atoms with van der Waals surface area (Å²) >= 11 is 0. The zero-order chi connectivity index (χ0) is 24.5. The van der Waals surface area contributed by atoms with E-state index in [1.54, 1.807) is 24.1 Å². The lowest BCUT2D eigenvalue weighted by Crippen LogP contribution is -2.27. The zero-order valence-electron chi connectivity index (χ0n) is 19.9. The normalized spacial score (nSPS) is 17.9. The van der Waals surface area contributed by atoms with Crippen LogP contribution in [-0.4, -0.2) is 50.3 Å². The molecule has 1 N–H and O–H groups in total. The number of nitrogens with zero attached hydrogens (tertiary/aromatic N) is 6. The van der Waals surface area contributed by atoms with Gasteiger partial charge in [-0.25, -0.2) is 4.39 Å². The largest absolute Gasteiger partial charge is 0.480 e. The van der Waals surface area contributed by atoms with Crippen molar-refractivity contribution in [2.45, 2.75) is 19.1 Å². The van der Waals surface area contributed by atoms with Crippen molar-refractivity contribution in [3.8, 4) is 22.9 Å². The van der Waals surface area contributed by atoms with Crippen LogP contribution >= 0.6 is 0 Å². The summed E-state index contributed by atoms with van der Waals surface area (Å²) in [4.78, 5) is 15.7. The van der Waals surface area contributed by atoms with Crippen LogP contribution in [0.2, 0.25) is 0 Å². The minimum atomic E-state index is -0.385. The highest BCUT2D eigenvalue weighted by molar-refractivity contribution is 5.70. The minimum Gasteiger partial charge on any atom is -0.480 e. The molecule has 0 saturated carbocycles. The van der Waals surface area contributed by atoms with E-state index in [0.29, 0.717) is 35.6 Å². The molecule has 0 radical (unpaired) electrons. The van der Waals surface area contributed by atoms with E-state index in [4.69, 9.17) is 14.5 Å². The maximum absolute atomic E-state index is 13.4. The number of rotatable bonds is 5. The SMILES string of the molecule is COc1nc(Nc2ccc3c(n2)O[C@H](c2ccc(F)cn2)CN(C)C3C)ccc1-c1cnn(C)c1. The van der Waals surface area contributed by atoms with Gasteiger partial charge in [0.1, 0.15) is 17.5 Å². The number of aromatic nitrogens is 5. The molecule has 1 aliphatic heterocycles. The van der Waals surface area contributed by atoms with Gasteiger partial charge in [-0.3, -0.25) is 14.6 Å². The topological polar surface area (TPSA) is 90.2 Å². The third kappa shape index (κ3) is 4.65. The third-order valence-corrected chi connectivity index (χ3v) is 6.11. The molecule has 0 saturated heterocycles. The van der Waals surface area contributed by atoms with Gasteiger partial charge >= 0.3 is 0 Å². The van der Waals surface area contributed by atoms with Crippen LogP contribution in [-0.2, 0) is 7.05 Å². The molecular weight excluding hydrogens is 449 g/mol. The first-order valence-electron chi connectivity index (χ1n) is 11.2. The van der Waals surface area contributed by atoms with Gasteiger partial charge in [0.05, 0.1) is 25.2 Å². The standard InChI is InChI=1S/C25H26FN7O2/c1-15-18-6-9-23(29-22-10-7-19(24(30-22)34-4)16-11-28-33(3)13-16)31-25(18)35-21(14-32(15)2)20-8-5-17(26)12-27-20/h5-13,15,21H,14H2,1-4H3,(H,29,30,31)/t15?,21-/m0/s1. The lowest BCUT2D eigenvalue weighted by Gasteiger charge is -2.23. The zero-order valence-corrected chi connectivity index (χ0v) is 19.9. The Balaban J connectivity index is 1.43.